The van der Waals surface area contributed by atoms with Crippen LogP contribution in [-0.4, -0.2) is 46.2 Å². The minimum atomic E-state index is -0.164. The number of aryl methyl sites for hydroxylation is 2. The average molecular weight is 302 g/mol. The smallest absolute Gasteiger partial charge is 0.254 e. The van der Waals surface area contributed by atoms with Crippen molar-refractivity contribution >= 4 is 11.9 Å². The van der Waals surface area contributed by atoms with Crippen molar-refractivity contribution in [2.45, 2.75) is 33.2 Å². The Morgan fingerprint density at radius 1 is 1.41 bits per heavy atom. The highest BCUT2D eigenvalue weighted by molar-refractivity contribution is 5.95. The molecule has 2 aromatic heterocycles. The lowest BCUT2D eigenvalue weighted by Gasteiger charge is -2.15. The Morgan fingerprint density at radius 2 is 2.14 bits per heavy atom. The van der Waals surface area contributed by atoms with Gasteiger partial charge in [0, 0.05) is 38.4 Å². The topological polar surface area (TPSA) is 86.8 Å². The predicted octanol–water partition coefficient (Wildman–Crippen LogP) is 1.24. The Kier molecular flexibility index (Phi) is 4.75. The molecule has 0 aliphatic carbocycles. The molecular formula is C15H22N6O. The number of rotatable bonds is 5. The van der Waals surface area contributed by atoms with Crippen LogP contribution < -0.4 is 10.2 Å². The first kappa shape index (κ1) is 15.9. The number of aromatic amines is 1. The van der Waals surface area contributed by atoms with Gasteiger partial charge in [0.1, 0.15) is 0 Å². The molecule has 0 fully saturated rings. The number of H-pyrrole nitrogens is 1. The van der Waals surface area contributed by atoms with Gasteiger partial charge in [0.2, 0.25) is 5.95 Å². The number of aromatic nitrogens is 4. The van der Waals surface area contributed by atoms with Gasteiger partial charge in [0.25, 0.3) is 5.91 Å². The van der Waals surface area contributed by atoms with Gasteiger partial charge < -0.3 is 10.2 Å². The van der Waals surface area contributed by atoms with Crippen LogP contribution in [0, 0.1) is 13.8 Å². The second-order valence-electron chi connectivity index (χ2n) is 5.68. The highest BCUT2D eigenvalue weighted by atomic mass is 16.1. The van der Waals surface area contributed by atoms with Gasteiger partial charge in [-0.05, 0) is 26.8 Å². The van der Waals surface area contributed by atoms with Gasteiger partial charge in [0.05, 0.1) is 17.0 Å². The Hall–Kier alpha value is -2.44. The van der Waals surface area contributed by atoms with E-state index in [9.17, 15) is 4.79 Å². The Labute approximate surface area is 130 Å². The van der Waals surface area contributed by atoms with Crippen molar-refractivity contribution in [2.24, 2.45) is 0 Å². The molecule has 1 atom stereocenters. The summed E-state index contributed by atoms with van der Waals surface area (Å²) >= 11 is 0. The van der Waals surface area contributed by atoms with Gasteiger partial charge in [-0.3, -0.25) is 9.89 Å². The molecule has 0 aromatic carbocycles. The molecule has 0 radical (unpaired) electrons. The third-order valence-corrected chi connectivity index (χ3v) is 3.26. The summed E-state index contributed by atoms with van der Waals surface area (Å²) in [7, 11) is 3.73. The fourth-order valence-electron chi connectivity index (χ4n) is 2.14. The first-order chi connectivity index (χ1) is 10.4. The van der Waals surface area contributed by atoms with Crippen molar-refractivity contribution in [3.8, 4) is 0 Å². The average Bonchev–Trinajstić information content (AvgIpc) is 2.83. The number of amides is 1. The largest absolute Gasteiger partial charge is 0.349 e. The Morgan fingerprint density at radius 3 is 2.68 bits per heavy atom. The van der Waals surface area contributed by atoms with Crippen LogP contribution in [0.1, 0.15) is 34.4 Å². The minimum absolute atomic E-state index is 0.0249. The Bertz CT molecular complexity index is 664. The van der Waals surface area contributed by atoms with Crippen molar-refractivity contribution in [1.29, 1.82) is 0 Å². The molecule has 118 valence electrons. The van der Waals surface area contributed by atoms with Gasteiger partial charge in [-0.25, -0.2) is 9.97 Å². The zero-order valence-corrected chi connectivity index (χ0v) is 13.6. The quantitative estimate of drug-likeness (QED) is 0.868. The summed E-state index contributed by atoms with van der Waals surface area (Å²) in [4.78, 5) is 22.6. The summed E-state index contributed by atoms with van der Waals surface area (Å²) in [6.45, 7) is 5.71. The lowest BCUT2D eigenvalue weighted by Crippen LogP contribution is -2.35. The van der Waals surface area contributed by atoms with Crippen molar-refractivity contribution in [1.82, 2.24) is 25.5 Å². The molecule has 22 heavy (non-hydrogen) atoms. The van der Waals surface area contributed by atoms with Gasteiger partial charge in [0.15, 0.2) is 0 Å². The monoisotopic (exact) mass is 302 g/mol. The van der Waals surface area contributed by atoms with E-state index in [2.05, 4.69) is 25.5 Å². The maximum Gasteiger partial charge on any atom is 0.254 e. The summed E-state index contributed by atoms with van der Waals surface area (Å²) < 4.78 is 0. The van der Waals surface area contributed by atoms with Crippen LogP contribution in [0.15, 0.2) is 12.3 Å². The standard InChI is InChI=1S/C15H22N6O/c1-9(6-12-7-10(2)19-20-12)17-14(22)13-8-16-15(21(4)5)18-11(13)3/h7-9H,6H2,1-5H3,(H,17,22)(H,19,20)/t9-/m0/s1. The number of carbonyl (C=O) groups excluding carboxylic acids is 1. The van der Waals surface area contributed by atoms with Crippen LogP contribution in [0.25, 0.3) is 0 Å². The molecule has 0 spiro atoms. The lowest BCUT2D eigenvalue weighted by atomic mass is 10.1. The van der Waals surface area contributed by atoms with E-state index >= 15 is 0 Å². The maximum atomic E-state index is 12.3. The van der Waals surface area contributed by atoms with Gasteiger partial charge in [-0.1, -0.05) is 0 Å². The molecule has 2 heterocycles. The first-order valence-corrected chi connectivity index (χ1v) is 7.19. The third kappa shape index (κ3) is 3.81. The summed E-state index contributed by atoms with van der Waals surface area (Å²) in [5.74, 6) is 0.427. The first-order valence-electron chi connectivity index (χ1n) is 7.19. The zero-order chi connectivity index (χ0) is 16.3. The van der Waals surface area contributed by atoms with Crippen LogP contribution in [-0.2, 0) is 6.42 Å². The van der Waals surface area contributed by atoms with E-state index in [1.807, 2.05) is 40.9 Å². The zero-order valence-electron chi connectivity index (χ0n) is 13.6. The van der Waals surface area contributed by atoms with Gasteiger partial charge in [-0.15, -0.1) is 0 Å². The lowest BCUT2D eigenvalue weighted by molar-refractivity contribution is 0.0938. The molecule has 2 rings (SSSR count). The van der Waals surface area contributed by atoms with Crippen LogP contribution in [0.5, 0.6) is 0 Å². The molecule has 0 aliphatic rings. The number of nitrogens with zero attached hydrogens (tertiary/aromatic N) is 4. The van der Waals surface area contributed by atoms with E-state index in [0.717, 1.165) is 11.4 Å². The van der Waals surface area contributed by atoms with Crippen LogP contribution in [0.3, 0.4) is 0 Å². The predicted molar refractivity (Wildman–Crippen MR) is 85.1 cm³/mol. The second kappa shape index (κ2) is 6.55. The summed E-state index contributed by atoms with van der Waals surface area (Å²) in [6.07, 6.45) is 2.24. The van der Waals surface area contributed by atoms with E-state index < -0.39 is 0 Å². The van der Waals surface area contributed by atoms with Crippen molar-refractivity contribution in [3.05, 3.63) is 34.9 Å². The molecule has 0 aliphatic heterocycles. The fraction of sp³-hybridized carbons (Fsp3) is 0.467. The molecule has 7 heteroatoms. The molecule has 1 amide bonds. The number of anilines is 1. The molecular weight excluding hydrogens is 280 g/mol. The third-order valence-electron chi connectivity index (χ3n) is 3.26. The maximum absolute atomic E-state index is 12.3. The molecule has 0 unspecified atom stereocenters. The highest BCUT2D eigenvalue weighted by Crippen LogP contribution is 2.10. The van der Waals surface area contributed by atoms with Crippen molar-refractivity contribution in [2.75, 3.05) is 19.0 Å². The van der Waals surface area contributed by atoms with Crippen molar-refractivity contribution in [3.63, 3.8) is 0 Å². The second-order valence-corrected chi connectivity index (χ2v) is 5.68. The van der Waals surface area contributed by atoms with Gasteiger partial charge >= 0.3 is 0 Å². The number of nitrogens with one attached hydrogen (secondary N) is 2. The van der Waals surface area contributed by atoms with Crippen LogP contribution in [0.2, 0.25) is 0 Å². The van der Waals surface area contributed by atoms with E-state index in [1.54, 1.807) is 11.1 Å². The number of carbonyl (C=O) groups is 1. The van der Waals surface area contributed by atoms with Crippen molar-refractivity contribution < 1.29 is 4.79 Å². The normalized spacial score (nSPS) is 12.0. The van der Waals surface area contributed by atoms with E-state index in [-0.39, 0.29) is 11.9 Å². The molecule has 7 nitrogen and oxygen atoms in total. The minimum Gasteiger partial charge on any atom is -0.349 e. The molecule has 0 saturated heterocycles. The van der Waals surface area contributed by atoms with Crippen LogP contribution >= 0.6 is 0 Å². The highest BCUT2D eigenvalue weighted by Gasteiger charge is 2.15. The molecule has 2 aromatic rings. The van der Waals surface area contributed by atoms with Gasteiger partial charge in [-0.2, -0.15) is 5.10 Å². The van der Waals surface area contributed by atoms with E-state index in [4.69, 9.17) is 0 Å². The number of hydrogen-bond donors (Lipinski definition) is 2. The fourth-order valence-corrected chi connectivity index (χ4v) is 2.14. The number of hydrogen-bond acceptors (Lipinski definition) is 5. The Balaban J connectivity index is 2.02. The molecule has 0 bridgehead atoms. The summed E-state index contributed by atoms with van der Waals surface area (Å²) in [5.41, 5.74) is 3.10. The summed E-state index contributed by atoms with van der Waals surface area (Å²) in [6, 6.07) is 1.95. The SMILES string of the molecule is Cc1cc(C[C@H](C)NC(=O)c2cnc(N(C)C)nc2C)n[nH]1. The molecule has 2 N–H and O–H groups in total. The summed E-state index contributed by atoms with van der Waals surface area (Å²) in [5, 5.41) is 10.0. The van der Waals surface area contributed by atoms with E-state index in [0.29, 0.717) is 23.6 Å². The van der Waals surface area contributed by atoms with E-state index in [1.165, 1.54) is 0 Å². The molecule has 0 saturated carbocycles. The van der Waals surface area contributed by atoms with Crippen LogP contribution in [0.4, 0.5) is 5.95 Å².